The van der Waals surface area contributed by atoms with Crippen LogP contribution in [-0.2, 0) is 0 Å². The molecule has 1 aromatic rings. The van der Waals surface area contributed by atoms with Crippen molar-refractivity contribution in [2.75, 3.05) is 6.54 Å². The monoisotopic (exact) mass is 408 g/mol. The van der Waals surface area contributed by atoms with Gasteiger partial charge in [-0.25, -0.2) is 0 Å². The molecule has 0 aromatic heterocycles. The van der Waals surface area contributed by atoms with Crippen LogP contribution in [0.2, 0.25) is 0 Å². The van der Waals surface area contributed by atoms with Crippen LogP contribution in [0.3, 0.4) is 0 Å². The lowest BCUT2D eigenvalue weighted by Crippen LogP contribution is -2.56. The summed E-state index contributed by atoms with van der Waals surface area (Å²) in [6.07, 6.45) is 13.1. The molecule has 2 N–H and O–H groups in total. The molecular weight excluding hydrogens is 372 g/mol. The van der Waals surface area contributed by atoms with Crippen molar-refractivity contribution in [3.63, 3.8) is 0 Å². The number of rotatable bonds is 4. The molecule has 0 bridgehead atoms. The van der Waals surface area contributed by atoms with Gasteiger partial charge in [0.15, 0.2) is 0 Å². The minimum Gasteiger partial charge on any atom is -0.374 e. The number of piperidine rings is 2. The molecule has 3 saturated heterocycles. The van der Waals surface area contributed by atoms with Crippen LogP contribution in [0.5, 0.6) is 0 Å². The minimum atomic E-state index is -0.590. The van der Waals surface area contributed by atoms with Crippen molar-refractivity contribution in [2.24, 2.45) is 17.3 Å². The molecule has 2 aliphatic carbocycles. The molecule has 0 amide bonds. The van der Waals surface area contributed by atoms with E-state index < -0.39 is 5.72 Å². The number of hydrogen-bond acceptors (Lipinski definition) is 4. The number of nitrogens with zero attached hydrogens (tertiary/aromatic N) is 1. The molecule has 4 nitrogen and oxygen atoms in total. The summed E-state index contributed by atoms with van der Waals surface area (Å²) in [4.78, 5) is 13.3. The van der Waals surface area contributed by atoms with Gasteiger partial charge in [-0.2, -0.15) is 0 Å². The van der Waals surface area contributed by atoms with E-state index in [0.29, 0.717) is 35.4 Å². The number of aldehydes is 1. The Kier molecular flexibility index (Phi) is 4.46. The maximum absolute atomic E-state index is 11.5. The van der Waals surface area contributed by atoms with E-state index in [-0.39, 0.29) is 0 Å². The van der Waals surface area contributed by atoms with Gasteiger partial charge in [0, 0.05) is 36.2 Å². The molecule has 4 heteroatoms. The summed E-state index contributed by atoms with van der Waals surface area (Å²) in [5.74, 6) is 1.59. The lowest BCUT2D eigenvalue weighted by atomic mass is 9.73. The average Bonchev–Trinajstić information content (AvgIpc) is 3.12. The van der Waals surface area contributed by atoms with Crippen LogP contribution >= 0.6 is 0 Å². The van der Waals surface area contributed by atoms with Crippen molar-refractivity contribution in [1.29, 1.82) is 0 Å². The van der Waals surface area contributed by atoms with Crippen molar-refractivity contribution < 1.29 is 9.90 Å². The van der Waals surface area contributed by atoms with Gasteiger partial charge in [-0.15, -0.1) is 0 Å². The number of hydrogen-bond donors (Lipinski definition) is 2. The van der Waals surface area contributed by atoms with Gasteiger partial charge in [0.05, 0.1) is 0 Å². The zero-order valence-electron chi connectivity index (χ0n) is 18.2. The van der Waals surface area contributed by atoms with Gasteiger partial charge in [-0.1, -0.05) is 44.0 Å². The van der Waals surface area contributed by atoms with Gasteiger partial charge in [-0.3, -0.25) is 9.69 Å². The number of aliphatic hydroxyl groups is 1. The van der Waals surface area contributed by atoms with Gasteiger partial charge in [-0.05, 0) is 67.8 Å². The Hall–Kier alpha value is -1.23. The average molecular weight is 409 g/mol. The molecule has 8 unspecified atom stereocenters. The predicted octanol–water partition coefficient (Wildman–Crippen LogP) is 4.09. The van der Waals surface area contributed by atoms with E-state index in [1.807, 2.05) is 12.1 Å². The zero-order valence-corrected chi connectivity index (χ0v) is 18.2. The molecular formula is C26H36N2O2. The Balaban J connectivity index is 1.19. The van der Waals surface area contributed by atoms with Crippen LogP contribution in [0, 0.1) is 17.3 Å². The summed E-state index contributed by atoms with van der Waals surface area (Å²) in [5.41, 5.74) is 1.99. The SMILES string of the molecule is CC(c1ccc(C=O)cc1)C1CC(C2CCC3CCC4(CCCC4)C3N2)C2(O)CN12. The number of fused-ring (bicyclic) bond motifs is 3. The number of nitrogens with one attached hydrogen (secondary N) is 1. The third-order valence-electron chi connectivity index (χ3n) is 9.93. The number of carbonyl (C=O) groups excluding carboxylic acids is 1. The lowest BCUT2D eigenvalue weighted by molar-refractivity contribution is 0.0243. The van der Waals surface area contributed by atoms with Gasteiger partial charge >= 0.3 is 0 Å². The smallest absolute Gasteiger partial charge is 0.150 e. The summed E-state index contributed by atoms with van der Waals surface area (Å²) >= 11 is 0. The molecule has 1 spiro atoms. The first kappa shape index (κ1) is 19.5. The highest BCUT2D eigenvalue weighted by Crippen LogP contribution is 2.58. The Morgan fingerprint density at radius 2 is 1.90 bits per heavy atom. The summed E-state index contributed by atoms with van der Waals surface area (Å²) in [6, 6.07) is 9.58. The lowest BCUT2D eigenvalue weighted by Gasteiger charge is -2.44. The first-order valence-electron chi connectivity index (χ1n) is 12.3. The Labute approximate surface area is 180 Å². The Morgan fingerprint density at radius 3 is 2.63 bits per heavy atom. The quantitative estimate of drug-likeness (QED) is 0.582. The van der Waals surface area contributed by atoms with Crippen molar-refractivity contribution in [3.05, 3.63) is 35.4 Å². The highest BCUT2D eigenvalue weighted by atomic mass is 16.3. The van der Waals surface area contributed by atoms with Gasteiger partial charge in [0.2, 0.25) is 0 Å². The van der Waals surface area contributed by atoms with Crippen molar-refractivity contribution in [3.8, 4) is 0 Å². The summed E-state index contributed by atoms with van der Waals surface area (Å²) in [7, 11) is 0. The molecule has 1 aromatic carbocycles. The van der Waals surface area contributed by atoms with Crippen molar-refractivity contribution in [2.45, 2.75) is 94.5 Å². The third-order valence-corrected chi connectivity index (χ3v) is 9.93. The Bertz CT molecular complexity index is 817. The maximum Gasteiger partial charge on any atom is 0.150 e. The molecule has 3 heterocycles. The van der Waals surface area contributed by atoms with E-state index in [0.717, 1.165) is 30.7 Å². The van der Waals surface area contributed by atoms with Crippen molar-refractivity contribution >= 4 is 6.29 Å². The van der Waals surface area contributed by atoms with Crippen molar-refractivity contribution in [1.82, 2.24) is 10.2 Å². The topological polar surface area (TPSA) is 52.3 Å². The summed E-state index contributed by atoms with van der Waals surface area (Å²) in [5, 5.41) is 15.6. The maximum atomic E-state index is 11.5. The fourth-order valence-corrected chi connectivity index (χ4v) is 8.17. The van der Waals surface area contributed by atoms with E-state index in [9.17, 15) is 9.90 Å². The van der Waals surface area contributed by atoms with E-state index in [4.69, 9.17) is 0 Å². The van der Waals surface area contributed by atoms with Crippen LogP contribution in [0.1, 0.15) is 86.6 Å². The highest BCUT2D eigenvalue weighted by Gasteiger charge is 2.67. The van der Waals surface area contributed by atoms with Crippen LogP contribution in [0.25, 0.3) is 0 Å². The highest BCUT2D eigenvalue weighted by molar-refractivity contribution is 5.74. The predicted molar refractivity (Wildman–Crippen MR) is 117 cm³/mol. The number of carbonyl (C=O) groups is 1. The van der Waals surface area contributed by atoms with Crippen LogP contribution in [-0.4, -0.2) is 46.7 Å². The fraction of sp³-hybridized carbons (Fsp3) is 0.731. The molecule has 6 rings (SSSR count). The molecule has 162 valence electrons. The van der Waals surface area contributed by atoms with Crippen LogP contribution in [0.15, 0.2) is 24.3 Å². The van der Waals surface area contributed by atoms with E-state index in [2.05, 4.69) is 29.3 Å². The van der Waals surface area contributed by atoms with E-state index in [1.54, 1.807) is 0 Å². The molecule has 5 aliphatic rings. The third kappa shape index (κ3) is 2.79. The van der Waals surface area contributed by atoms with Crippen LogP contribution < -0.4 is 5.32 Å². The van der Waals surface area contributed by atoms with E-state index >= 15 is 0 Å². The molecule has 0 radical (unpaired) electrons. The molecule has 5 fully saturated rings. The molecule has 3 aliphatic heterocycles. The molecule has 8 atom stereocenters. The first-order valence-corrected chi connectivity index (χ1v) is 12.3. The van der Waals surface area contributed by atoms with Gasteiger partial charge < -0.3 is 10.4 Å². The summed E-state index contributed by atoms with van der Waals surface area (Å²) < 4.78 is 0. The molecule has 2 saturated carbocycles. The first-order chi connectivity index (χ1) is 14.5. The normalized spacial score (nSPS) is 44.6. The molecule has 30 heavy (non-hydrogen) atoms. The zero-order chi connectivity index (χ0) is 20.5. The summed E-state index contributed by atoms with van der Waals surface area (Å²) in [6.45, 7) is 3.12. The standard InChI is InChI=1S/C26H36N2O2/c1-17(19-6-4-18(15-29)5-7-19)23-14-21(26(30)16-28(23)26)22-9-8-20-10-13-25(24(20)27-22)11-2-3-12-25/h4-7,15,17,20-24,27,30H,2-3,8-14,16H2,1H3. The second-order valence-corrected chi connectivity index (χ2v) is 11.2. The minimum absolute atomic E-state index is 0.346. The van der Waals surface area contributed by atoms with Gasteiger partial charge in [0.25, 0.3) is 0 Å². The van der Waals surface area contributed by atoms with Gasteiger partial charge in [0.1, 0.15) is 12.0 Å². The van der Waals surface area contributed by atoms with E-state index in [1.165, 1.54) is 56.9 Å². The number of benzene rings is 1. The largest absolute Gasteiger partial charge is 0.374 e. The second-order valence-electron chi connectivity index (χ2n) is 11.2. The second kappa shape index (κ2) is 6.88. The van der Waals surface area contributed by atoms with Crippen LogP contribution in [0.4, 0.5) is 0 Å². The Morgan fingerprint density at radius 1 is 1.13 bits per heavy atom. The fourth-order valence-electron chi connectivity index (χ4n) is 8.17.